The zero-order valence-corrected chi connectivity index (χ0v) is 8.28. The van der Waals surface area contributed by atoms with Gasteiger partial charge in [0.05, 0.1) is 12.5 Å². The topological polar surface area (TPSA) is 79.8 Å². The van der Waals surface area contributed by atoms with Gasteiger partial charge < -0.3 is 10.1 Å². The molecule has 2 heterocycles. The van der Waals surface area contributed by atoms with Gasteiger partial charge in [-0.25, -0.2) is 5.43 Å². The van der Waals surface area contributed by atoms with E-state index in [1.54, 1.807) is 0 Å². The Kier molecular flexibility index (Phi) is 2.96. The van der Waals surface area contributed by atoms with E-state index in [0.29, 0.717) is 6.54 Å². The van der Waals surface area contributed by atoms with Crippen molar-refractivity contribution < 1.29 is 14.3 Å². The highest BCUT2D eigenvalue weighted by molar-refractivity contribution is 6.43. The van der Waals surface area contributed by atoms with Gasteiger partial charge >= 0.3 is 0 Å². The molecule has 2 rings (SSSR count). The van der Waals surface area contributed by atoms with Crippen LogP contribution in [-0.2, 0) is 14.3 Å². The molecule has 0 aromatic carbocycles. The minimum absolute atomic E-state index is 0.0668. The molecule has 2 aliphatic rings. The molecule has 0 saturated carbocycles. The summed E-state index contributed by atoms with van der Waals surface area (Å²) < 4.78 is 5.35. The first kappa shape index (κ1) is 10.1. The van der Waals surface area contributed by atoms with Gasteiger partial charge in [-0.15, -0.1) is 0 Å². The summed E-state index contributed by atoms with van der Waals surface area (Å²) in [6.45, 7) is 1.26. The van der Waals surface area contributed by atoms with Gasteiger partial charge in [0.15, 0.2) is 0 Å². The number of carbonyl (C=O) groups is 2. The van der Waals surface area contributed by atoms with E-state index in [-0.39, 0.29) is 30.1 Å². The zero-order chi connectivity index (χ0) is 10.7. The minimum atomic E-state index is -0.288. The number of amides is 2. The molecule has 2 amide bonds. The van der Waals surface area contributed by atoms with Gasteiger partial charge in [0.25, 0.3) is 5.91 Å². The van der Waals surface area contributed by atoms with E-state index in [9.17, 15) is 9.59 Å². The Morgan fingerprint density at radius 3 is 3.13 bits per heavy atom. The summed E-state index contributed by atoms with van der Waals surface area (Å²) in [5.74, 6) is -0.527. The molecule has 2 aliphatic heterocycles. The van der Waals surface area contributed by atoms with Crippen LogP contribution in [0.2, 0.25) is 0 Å². The third-order valence-electron chi connectivity index (χ3n) is 2.42. The third kappa shape index (κ3) is 2.53. The van der Waals surface area contributed by atoms with Crippen LogP contribution in [0.1, 0.15) is 19.3 Å². The summed E-state index contributed by atoms with van der Waals surface area (Å²) in [6.07, 6.45) is 2.20. The van der Waals surface area contributed by atoms with Crippen LogP contribution >= 0.6 is 0 Å². The van der Waals surface area contributed by atoms with E-state index in [2.05, 4.69) is 15.8 Å². The number of hydrogen-bond donors (Lipinski definition) is 2. The Labute approximate surface area is 87.0 Å². The van der Waals surface area contributed by atoms with Gasteiger partial charge in [-0.3, -0.25) is 9.59 Å². The van der Waals surface area contributed by atoms with E-state index < -0.39 is 0 Å². The van der Waals surface area contributed by atoms with Crippen LogP contribution in [0.3, 0.4) is 0 Å². The van der Waals surface area contributed by atoms with Gasteiger partial charge in [-0.05, 0) is 12.8 Å². The number of rotatable bonds is 3. The van der Waals surface area contributed by atoms with Crippen LogP contribution in [0, 0.1) is 0 Å². The first-order chi connectivity index (χ1) is 7.25. The monoisotopic (exact) mass is 211 g/mol. The Bertz CT molecular complexity index is 308. The van der Waals surface area contributed by atoms with Gasteiger partial charge in [-0.1, -0.05) is 0 Å². The minimum Gasteiger partial charge on any atom is -0.376 e. The van der Waals surface area contributed by atoms with Gasteiger partial charge in [-0.2, -0.15) is 5.10 Å². The molecule has 0 aliphatic carbocycles. The molecule has 0 spiro atoms. The maximum Gasteiger partial charge on any atom is 0.268 e. The molecule has 2 N–H and O–H groups in total. The maximum absolute atomic E-state index is 11.5. The average Bonchev–Trinajstić information content (AvgIpc) is 2.84. The fourth-order valence-electron chi connectivity index (χ4n) is 1.61. The van der Waals surface area contributed by atoms with Crippen molar-refractivity contribution in [3.8, 4) is 0 Å². The molecule has 0 radical (unpaired) electrons. The van der Waals surface area contributed by atoms with Gasteiger partial charge in [0.1, 0.15) is 5.71 Å². The predicted octanol–water partition coefficient (Wildman–Crippen LogP) is -0.842. The molecule has 6 nitrogen and oxygen atoms in total. The highest BCUT2D eigenvalue weighted by atomic mass is 16.5. The molecule has 1 unspecified atom stereocenters. The Hall–Kier alpha value is -1.43. The Morgan fingerprint density at radius 1 is 1.67 bits per heavy atom. The van der Waals surface area contributed by atoms with Crippen molar-refractivity contribution in [1.29, 1.82) is 0 Å². The first-order valence-electron chi connectivity index (χ1n) is 5.01. The summed E-state index contributed by atoms with van der Waals surface area (Å²) in [6, 6.07) is 0. The molecular formula is C9H13N3O3. The summed E-state index contributed by atoms with van der Waals surface area (Å²) in [7, 11) is 0. The Morgan fingerprint density at radius 2 is 2.53 bits per heavy atom. The lowest BCUT2D eigenvalue weighted by Gasteiger charge is -2.09. The van der Waals surface area contributed by atoms with E-state index in [0.717, 1.165) is 19.4 Å². The lowest BCUT2D eigenvalue weighted by atomic mass is 10.2. The van der Waals surface area contributed by atoms with Crippen LogP contribution in [-0.4, -0.2) is 36.8 Å². The van der Waals surface area contributed by atoms with Crippen LogP contribution in [0.4, 0.5) is 0 Å². The van der Waals surface area contributed by atoms with Crippen LogP contribution in [0.25, 0.3) is 0 Å². The number of hydrazone groups is 1. The molecule has 0 aromatic rings. The van der Waals surface area contributed by atoms with Crippen molar-refractivity contribution in [2.75, 3.05) is 13.2 Å². The van der Waals surface area contributed by atoms with Gasteiger partial charge in [0, 0.05) is 13.2 Å². The molecule has 1 fully saturated rings. The second-order valence-corrected chi connectivity index (χ2v) is 3.62. The van der Waals surface area contributed by atoms with Crippen molar-refractivity contribution in [2.45, 2.75) is 25.4 Å². The highest BCUT2D eigenvalue weighted by Gasteiger charge is 2.22. The Balaban J connectivity index is 1.74. The summed E-state index contributed by atoms with van der Waals surface area (Å²) >= 11 is 0. The lowest BCUT2D eigenvalue weighted by molar-refractivity contribution is -0.120. The largest absolute Gasteiger partial charge is 0.376 e. The maximum atomic E-state index is 11.5. The number of carbonyl (C=O) groups excluding carboxylic acids is 2. The number of hydrogen-bond acceptors (Lipinski definition) is 4. The van der Waals surface area contributed by atoms with Crippen molar-refractivity contribution in [3.05, 3.63) is 0 Å². The normalized spacial score (nSPS) is 24.9. The molecule has 6 heteroatoms. The van der Waals surface area contributed by atoms with E-state index in [4.69, 9.17) is 4.74 Å². The van der Waals surface area contributed by atoms with Gasteiger partial charge in [0.2, 0.25) is 5.91 Å². The molecule has 1 saturated heterocycles. The molecule has 1 atom stereocenters. The zero-order valence-electron chi connectivity index (χ0n) is 8.28. The van der Waals surface area contributed by atoms with Crippen LogP contribution < -0.4 is 10.7 Å². The smallest absolute Gasteiger partial charge is 0.268 e. The van der Waals surface area contributed by atoms with E-state index >= 15 is 0 Å². The summed E-state index contributed by atoms with van der Waals surface area (Å²) in [4.78, 5) is 22.2. The molecule has 82 valence electrons. The van der Waals surface area contributed by atoms with Crippen molar-refractivity contribution >= 4 is 17.5 Å². The number of ether oxygens (including phenoxy) is 1. The average molecular weight is 211 g/mol. The molecule has 0 aromatic heterocycles. The second-order valence-electron chi connectivity index (χ2n) is 3.62. The summed E-state index contributed by atoms with van der Waals surface area (Å²) in [5, 5.41) is 6.33. The van der Waals surface area contributed by atoms with Crippen molar-refractivity contribution in [1.82, 2.24) is 10.7 Å². The third-order valence-corrected chi connectivity index (χ3v) is 2.42. The molecule has 15 heavy (non-hydrogen) atoms. The second kappa shape index (κ2) is 4.39. The molecular weight excluding hydrogens is 198 g/mol. The van der Waals surface area contributed by atoms with E-state index in [1.807, 2.05) is 0 Å². The predicted molar refractivity (Wildman–Crippen MR) is 52.2 cm³/mol. The molecule has 0 bridgehead atoms. The lowest BCUT2D eigenvalue weighted by Crippen LogP contribution is -2.36. The van der Waals surface area contributed by atoms with Crippen LogP contribution in [0.5, 0.6) is 0 Å². The van der Waals surface area contributed by atoms with Crippen molar-refractivity contribution in [2.24, 2.45) is 5.10 Å². The van der Waals surface area contributed by atoms with E-state index in [1.165, 1.54) is 0 Å². The first-order valence-corrected chi connectivity index (χ1v) is 5.01. The SMILES string of the molecule is O=C1CC(C(=O)NCC2CCCO2)=NN1. The highest BCUT2D eigenvalue weighted by Crippen LogP contribution is 2.10. The fourth-order valence-corrected chi connectivity index (χ4v) is 1.61. The quantitative estimate of drug-likeness (QED) is 0.638. The number of nitrogens with one attached hydrogen (secondary N) is 2. The standard InChI is InChI=1S/C9H13N3O3/c13-8-4-7(11-12-8)9(14)10-5-6-2-1-3-15-6/h6H,1-5H2,(H,10,14)(H,12,13). The van der Waals surface area contributed by atoms with Crippen LogP contribution in [0.15, 0.2) is 5.10 Å². The summed E-state index contributed by atoms with van der Waals surface area (Å²) in [5.41, 5.74) is 2.48. The van der Waals surface area contributed by atoms with Crippen molar-refractivity contribution in [3.63, 3.8) is 0 Å². The number of nitrogens with zero attached hydrogens (tertiary/aromatic N) is 1. The fraction of sp³-hybridized carbons (Fsp3) is 0.667.